The molecule has 0 aromatic heterocycles. The lowest BCUT2D eigenvalue weighted by atomic mass is 10.4. The highest BCUT2D eigenvalue weighted by molar-refractivity contribution is 4.54. The lowest BCUT2D eigenvalue weighted by molar-refractivity contribution is 0.0904. The van der Waals surface area contributed by atoms with Crippen LogP contribution in [0.4, 0.5) is 0 Å². The van der Waals surface area contributed by atoms with Crippen molar-refractivity contribution in [3.8, 4) is 0 Å². The van der Waals surface area contributed by atoms with Crippen molar-refractivity contribution in [3.05, 3.63) is 0 Å². The predicted molar refractivity (Wildman–Crippen MR) is 70.5 cm³/mol. The number of nitrogens with zero attached hydrogens (tertiary/aromatic N) is 1. The molecule has 0 fully saturated rings. The van der Waals surface area contributed by atoms with E-state index in [2.05, 4.69) is 6.92 Å². The zero-order valence-electron chi connectivity index (χ0n) is 11.4. The summed E-state index contributed by atoms with van der Waals surface area (Å²) < 4.78 is 4.97. The fraction of sp³-hybridized carbons (Fsp3) is 1.00. The van der Waals surface area contributed by atoms with E-state index in [1.807, 2.05) is 0 Å². The predicted octanol–water partition coefficient (Wildman–Crippen LogP) is -0.939. The topological polar surface area (TPSA) is 93.4 Å². The third kappa shape index (κ3) is 18.1. The van der Waals surface area contributed by atoms with E-state index < -0.39 is 0 Å². The van der Waals surface area contributed by atoms with Gasteiger partial charge in [-0.2, -0.15) is 0 Å². The first-order valence-corrected chi connectivity index (χ1v) is 6.50. The minimum Gasteiger partial charge on any atom is -0.395 e. The Bertz CT molecular complexity index is 117. The van der Waals surface area contributed by atoms with Crippen LogP contribution < -0.4 is 0 Å². The van der Waals surface area contributed by atoms with E-state index in [9.17, 15) is 0 Å². The zero-order chi connectivity index (χ0) is 14.1. The molecule has 0 unspecified atom stereocenters. The maximum atomic E-state index is 8.48. The van der Waals surface area contributed by atoms with Crippen LogP contribution in [0.5, 0.6) is 0 Å². The standard InChI is InChI=1S/C6H15NO3.C6H14O2/c8-4-1-7(2-5-9)3-6-10;1-2-3-5-8-6-4-7/h8-10H,1-6H2;7H,2-6H2,1H3. The summed E-state index contributed by atoms with van der Waals surface area (Å²) in [5.74, 6) is 0. The Morgan fingerprint density at radius 3 is 1.61 bits per heavy atom. The third-order valence-electron chi connectivity index (χ3n) is 2.13. The molecule has 0 saturated heterocycles. The Kier molecular flexibility index (Phi) is 21.3. The molecule has 0 saturated carbocycles. The van der Waals surface area contributed by atoms with Gasteiger partial charge in [0, 0.05) is 26.2 Å². The maximum Gasteiger partial charge on any atom is 0.0697 e. The lowest BCUT2D eigenvalue weighted by Crippen LogP contribution is -2.32. The molecule has 6 nitrogen and oxygen atoms in total. The molecule has 0 aliphatic carbocycles. The van der Waals surface area contributed by atoms with E-state index in [0.29, 0.717) is 26.2 Å². The number of hydrogen-bond acceptors (Lipinski definition) is 6. The SMILES string of the molecule is CCCCOCCO.OCCN(CCO)CCO. The number of rotatable bonds is 11. The van der Waals surface area contributed by atoms with Crippen LogP contribution in [0.1, 0.15) is 19.8 Å². The van der Waals surface area contributed by atoms with Crippen LogP contribution in [0.25, 0.3) is 0 Å². The second kappa shape index (κ2) is 19.1. The van der Waals surface area contributed by atoms with E-state index in [0.717, 1.165) is 19.4 Å². The van der Waals surface area contributed by atoms with E-state index in [1.165, 1.54) is 0 Å². The molecule has 0 amide bonds. The van der Waals surface area contributed by atoms with Gasteiger partial charge in [-0.1, -0.05) is 13.3 Å². The average molecular weight is 267 g/mol. The second-order valence-corrected chi connectivity index (χ2v) is 3.70. The van der Waals surface area contributed by atoms with Crippen molar-refractivity contribution in [2.24, 2.45) is 0 Å². The number of aliphatic hydroxyl groups excluding tert-OH is 4. The van der Waals surface area contributed by atoms with Crippen molar-refractivity contribution >= 4 is 0 Å². The van der Waals surface area contributed by atoms with Gasteiger partial charge in [0.15, 0.2) is 0 Å². The zero-order valence-corrected chi connectivity index (χ0v) is 11.4. The molecule has 0 aliphatic rings. The Hall–Kier alpha value is -0.240. The Balaban J connectivity index is 0. The van der Waals surface area contributed by atoms with Crippen LogP contribution in [-0.2, 0) is 4.74 Å². The minimum absolute atomic E-state index is 0.0694. The van der Waals surface area contributed by atoms with Crippen LogP contribution in [0.2, 0.25) is 0 Å². The monoisotopic (exact) mass is 267 g/mol. The molecule has 6 heteroatoms. The summed E-state index contributed by atoms with van der Waals surface area (Å²) in [7, 11) is 0. The molecular formula is C12H29NO5. The summed E-state index contributed by atoms with van der Waals surface area (Å²) in [5, 5.41) is 33.7. The highest BCUT2D eigenvalue weighted by Crippen LogP contribution is 1.86. The number of aliphatic hydroxyl groups is 4. The fourth-order valence-electron chi connectivity index (χ4n) is 1.17. The Morgan fingerprint density at radius 2 is 1.28 bits per heavy atom. The van der Waals surface area contributed by atoms with Gasteiger partial charge in [-0.25, -0.2) is 0 Å². The quantitative estimate of drug-likeness (QED) is 0.361. The third-order valence-corrected chi connectivity index (χ3v) is 2.13. The summed E-state index contributed by atoms with van der Waals surface area (Å²) in [6.45, 7) is 5.28. The van der Waals surface area contributed by atoms with Crippen molar-refractivity contribution in [1.29, 1.82) is 0 Å². The Labute approximate surface area is 110 Å². The molecule has 0 atom stereocenters. The number of unbranched alkanes of at least 4 members (excludes halogenated alkanes) is 1. The molecular weight excluding hydrogens is 238 g/mol. The van der Waals surface area contributed by atoms with Crippen molar-refractivity contribution in [2.45, 2.75) is 19.8 Å². The minimum atomic E-state index is 0.0694. The molecule has 112 valence electrons. The van der Waals surface area contributed by atoms with Gasteiger partial charge in [0.1, 0.15) is 0 Å². The summed E-state index contributed by atoms with van der Waals surface area (Å²) in [6.07, 6.45) is 2.26. The summed E-state index contributed by atoms with van der Waals surface area (Å²) in [4.78, 5) is 1.79. The molecule has 18 heavy (non-hydrogen) atoms. The Morgan fingerprint density at radius 1 is 0.778 bits per heavy atom. The van der Waals surface area contributed by atoms with Gasteiger partial charge in [-0.3, -0.25) is 4.90 Å². The van der Waals surface area contributed by atoms with Crippen LogP contribution in [0.3, 0.4) is 0 Å². The van der Waals surface area contributed by atoms with Gasteiger partial charge in [0.05, 0.1) is 33.0 Å². The molecule has 4 N–H and O–H groups in total. The molecule has 0 aliphatic heterocycles. The number of ether oxygens (including phenoxy) is 1. The van der Waals surface area contributed by atoms with Gasteiger partial charge in [0.2, 0.25) is 0 Å². The van der Waals surface area contributed by atoms with Crippen LogP contribution in [0, 0.1) is 0 Å². The van der Waals surface area contributed by atoms with Gasteiger partial charge >= 0.3 is 0 Å². The molecule has 0 bridgehead atoms. The van der Waals surface area contributed by atoms with Crippen LogP contribution >= 0.6 is 0 Å². The average Bonchev–Trinajstić information content (AvgIpc) is 2.37. The van der Waals surface area contributed by atoms with Gasteiger partial charge in [0.25, 0.3) is 0 Å². The maximum absolute atomic E-state index is 8.48. The second-order valence-electron chi connectivity index (χ2n) is 3.70. The summed E-state index contributed by atoms with van der Waals surface area (Å²) in [6, 6.07) is 0. The fourth-order valence-corrected chi connectivity index (χ4v) is 1.17. The van der Waals surface area contributed by atoms with E-state index in [1.54, 1.807) is 4.90 Å². The van der Waals surface area contributed by atoms with Gasteiger partial charge in [-0.15, -0.1) is 0 Å². The molecule has 0 spiro atoms. The van der Waals surface area contributed by atoms with Crippen molar-refractivity contribution in [3.63, 3.8) is 0 Å². The smallest absolute Gasteiger partial charge is 0.0697 e. The van der Waals surface area contributed by atoms with Gasteiger partial charge in [-0.05, 0) is 6.42 Å². The van der Waals surface area contributed by atoms with Crippen molar-refractivity contribution < 1.29 is 25.2 Å². The summed E-state index contributed by atoms with van der Waals surface area (Å²) >= 11 is 0. The molecule has 0 heterocycles. The molecule has 0 aromatic carbocycles. The largest absolute Gasteiger partial charge is 0.395 e. The van der Waals surface area contributed by atoms with Crippen molar-refractivity contribution in [1.82, 2.24) is 4.90 Å². The molecule has 0 aromatic rings. The first kappa shape index (κ1) is 20.1. The molecule has 0 radical (unpaired) electrons. The summed E-state index contributed by atoms with van der Waals surface area (Å²) in [5.41, 5.74) is 0. The normalized spacial score (nSPS) is 10.3. The van der Waals surface area contributed by atoms with E-state index in [-0.39, 0.29) is 26.4 Å². The lowest BCUT2D eigenvalue weighted by Gasteiger charge is -2.17. The van der Waals surface area contributed by atoms with Crippen LogP contribution in [-0.4, -0.2) is 84.6 Å². The van der Waals surface area contributed by atoms with Crippen LogP contribution in [0.15, 0.2) is 0 Å². The first-order valence-electron chi connectivity index (χ1n) is 6.50. The molecule has 0 rings (SSSR count). The van der Waals surface area contributed by atoms with E-state index in [4.69, 9.17) is 25.2 Å². The highest BCUT2D eigenvalue weighted by Gasteiger charge is 2.00. The van der Waals surface area contributed by atoms with E-state index >= 15 is 0 Å². The number of hydrogen-bond donors (Lipinski definition) is 4. The van der Waals surface area contributed by atoms with Gasteiger partial charge < -0.3 is 25.2 Å². The van der Waals surface area contributed by atoms with Crippen molar-refractivity contribution in [2.75, 3.05) is 59.3 Å². The highest BCUT2D eigenvalue weighted by atomic mass is 16.5. The first-order chi connectivity index (χ1) is 8.76.